The van der Waals surface area contributed by atoms with Crippen molar-refractivity contribution >= 4 is 27.6 Å². The van der Waals surface area contributed by atoms with Gasteiger partial charge in [0.1, 0.15) is 5.82 Å². The molecule has 0 aliphatic heterocycles. The number of hydrogen-bond acceptors (Lipinski definition) is 6. The van der Waals surface area contributed by atoms with Crippen LogP contribution in [0, 0.1) is 12.7 Å². The molecule has 0 saturated heterocycles. The van der Waals surface area contributed by atoms with Crippen molar-refractivity contribution in [2.24, 2.45) is 7.05 Å². The van der Waals surface area contributed by atoms with E-state index in [1.807, 2.05) is 0 Å². The van der Waals surface area contributed by atoms with Crippen molar-refractivity contribution in [3.8, 4) is 11.4 Å². The second-order valence-corrected chi connectivity index (χ2v) is 10.0. The largest absolute Gasteiger partial charge is 0.465 e. The monoisotopic (exact) mass is 476 g/mol. The molecule has 176 valence electrons. The minimum atomic E-state index is -3.56. The lowest BCUT2D eigenvalue weighted by Crippen LogP contribution is -2.34. The molecule has 2 heterocycles. The van der Waals surface area contributed by atoms with Crippen molar-refractivity contribution in [2.45, 2.75) is 39.0 Å². The average molecular weight is 477 g/mol. The Kier molecular flexibility index (Phi) is 6.68. The number of pyridine rings is 1. The molecule has 0 radical (unpaired) electrons. The summed E-state index contributed by atoms with van der Waals surface area (Å²) in [5, 5.41) is 17.4. The summed E-state index contributed by atoms with van der Waals surface area (Å²) in [5.74, 6) is -0.341. The molecule has 1 amide bonds. The highest BCUT2D eigenvalue weighted by molar-refractivity contribution is 7.93. The SMILES string of the molecule is Cc1nc(-c2nnn(C)c2N(C(=O)O)[C@H](C)c2cccc(F)c2)ccc1NS(=O)(=O)C(C)C. The van der Waals surface area contributed by atoms with Gasteiger partial charge in [0.15, 0.2) is 11.5 Å². The summed E-state index contributed by atoms with van der Waals surface area (Å²) in [4.78, 5) is 17.7. The zero-order valence-electron chi connectivity index (χ0n) is 18.8. The van der Waals surface area contributed by atoms with Gasteiger partial charge in [-0.15, -0.1) is 5.10 Å². The van der Waals surface area contributed by atoms with Crippen molar-refractivity contribution in [3.05, 3.63) is 53.5 Å². The van der Waals surface area contributed by atoms with E-state index in [4.69, 9.17) is 0 Å². The number of rotatable bonds is 7. The Morgan fingerprint density at radius 2 is 1.91 bits per heavy atom. The van der Waals surface area contributed by atoms with Crippen LogP contribution in [0.4, 0.5) is 20.7 Å². The van der Waals surface area contributed by atoms with Crippen molar-refractivity contribution in [2.75, 3.05) is 9.62 Å². The molecule has 2 aromatic heterocycles. The van der Waals surface area contributed by atoms with Crippen molar-refractivity contribution in [3.63, 3.8) is 0 Å². The highest BCUT2D eigenvalue weighted by Gasteiger charge is 2.30. The topological polar surface area (TPSA) is 130 Å². The molecular formula is C21H25FN6O4S. The van der Waals surface area contributed by atoms with Crippen LogP contribution in [0.5, 0.6) is 0 Å². The Morgan fingerprint density at radius 3 is 2.48 bits per heavy atom. The van der Waals surface area contributed by atoms with Gasteiger partial charge in [-0.2, -0.15) is 0 Å². The third-order valence-electron chi connectivity index (χ3n) is 5.15. The molecule has 0 aliphatic carbocycles. The van der Waals surface area contributed by atoms with Gasteiger partial charge in [0.05, 0.1) is 28.4 Å². The Morgan fingerprint density at radius 1 is 1.21 bits per heavy atom. The van der Waals surface area contributed by atoms with Crippen LogP contribution in [0.25, 0.3) is 11.4 Å². The van der Waals surface area contributed by atoms with Gasteiger partial charge in [0, 0.05) is 7.05 Å². The van der Waals surface area contributed by atoms with E-state index in [0.29, 0.717) is 22.6 Å². The molecule has 0 unspecified atom stereocenters. The van der Waals surface area contributed by atoms with Gasteiger partial charge in [0.25, 0.3) is 0 Å². The van der Waals surface area contributed by atoms with Crippen LogP contribution in [-0.2, 0) is 17.1 Å². The van der Waals surface area contributed by atoms with E-state index in [0.717, 1.165) is 4.90 Å². The maximum absolute atomic E-state index is 13.8. The number of benzene rings is 1. The zero-order chi connectivity index (χ0) is 24.5. The van der Waals surface area contributed by atoms with E-state index < -0.39 is 33.2 Å². The number of nitrogens with zero attached hydrogens (tertiary/aromatic N) is 5. The Labute approximate surface area is 191 Å². The number of hydrogen-bond donors (Lipinski definition) is 2. The predicted octanol–water partition coefficient (Wildman–Crippen LogP) is 3.72. The first-order valence-corrected chi connectivity index (χ1v) is 11.6. The van der Waals surface area contributed by atoms with Crippen LogP contribution in [0.1, 0.15) is 38.1 Å². The maximum atomic E-state index is 13.8. The average Bonchev–Trinajstić information content (AvgIpc) is 3.10. The number of amides is 1. The molecule has 12 heteroatoms. The lowest BCUT2D eigenvalue weighted by atomic mass is 10.1. The smallest absolute Gasteiger partial charge is 0.413 e. The van der Waals surface area contributed by atoms with Gasteiger partial charge >= 0.3 is 6.09 Å². The van der Waals surface area contributed by atoms with Crippen molar-refractivity contribution < 1.29 is 22.7 Å². The molecule has 1 aromatic carbocycles. The van der Waals surface area contributed by atoms with E-state index in [1.54, 1.807) is 33.8 Å². The van der Waals surface area contributed by atoms with Crippen LogP contribution in [-0.4, -0.2) is 44.8 Å². The van der Waals surface area contributed by atoms with E-state index in [-0.39, 0.29) is 11.5 Å². The van der Waals surface area contributed by atoms with E-state index in [9.17, 15) is 22.7 Å². The van der Waals surface area contributed by atoms with E-state index >= 15 is 0 Å². The number of anilines is 2. The first-order valence-electron chi connectivity index (χ1n) is 10.1. The zero-order valence-corrected chi connectivity index (χ0v) is 19.6. The number of carboxylic acid groups (broad SMARTS) is 1. The van der Waals surface area contributed by atoms with E-state index in [2.05, 4.69) is 20.0 Å². The fraction of sp³-hybridized carbons (Fsp3) is 0.333. The normalized spacial score (nSPS) is 12.6. The minimum absolute atomic E-state index is 0.140. The number of nitrogens with one attached hydrogen (secondary N) is 1. The summed E-state index contributed by atoms with van der Waals surface area (Å²) in [6, 6.07) is 7.99. The van der Waals surface area contributed by atoms with Gasteiger partial charge in [-0.3, -0.25) is 9.62 Å². The fourth-order valence-electron chi connectivity index (χ4n) is 3.22. The summed E-state index contributed by atoms with van der Waals surface area (Å²) >= 11 is 0. The maximum Gasteiger partial charge on any atom is 0.413 e. The van der Waals surface area contributed by atoms with Crippen molar-refractivity contribution in [1.29, 1.82) is 0 Å². The van der Waals surface area contributed by atoms with Crippen LogP contribution in [0.15, 0.2) is 36.4 Å². The molecule has 0 saturated carbocycles. The number of halogens is 1. The quantitative estimate of drug-likeness (QED) is 0.531. The lowest BCUT2D eigenvalue weighted by molar-refractivity contribution is 0.199. The lowest BCUT2D eigenvalue weighted by Gasteiger charge is -2.27. The fourth-order valence-corrected chi connectivity index (χ4v) is 3.97. The van der Waals surface area contributed by atoms with Crippen LogP contribution in [0.3, 0.4) is 0 Å². The van der Waals surface area contributed by atoms with Gasteiger partial charge in [-0.05, 0) is 57.5 Å². The summed E-state index contributed by atoms with van der Waals surface area (Å²) in [7, 11) is -2.02. The second-order valence-electron chi connectivity index (χ2n) is 7.79. The summed E-state index contributed by atoms with van der Waals surface area (Å²) in [6.07, 6.45) is -1.28. The first-order chi connectivity index (χ1) is 15.4. The molecule has 1 atom stereocenters. The molecular weight excluding hydrogens is 451 g/mol. The summed E-state index contributed by atoms with van der Waals surface area (Å²) in [6.45, 7) is 6.38. The standard InChI is InChI=1S/C21H25FN6O4S/c1-12(2)33(31,32)25-17-9-10-18(23-13(17)3)19-20(27(5)26-24-19)28(21(29)30)14(4)15-7-6-8-16(22)11-15/h6-12,14,25H,1-5H3,(H,29,30)/t14-/m1/s1. The molecule has 2 N–H and O–H groups in total. The van der Waals surface area contributed by atoms with Crippen LogP contribution < -0.4 is 9.62 Å². The summed E-state index contributed by atoms with van der Waals surface area (Å²) in [5.41, 5.74) is 1.63. The Balaban J connectivity index is 2.05. The first kappa shape index (κ1) is 24.1. The third kappa shape index (κ3) is 4.95. The summed E-state index contributed by atoms with van der Waals surface area (Å²) < 4.78 is 41.9. The third-order valence-corrected chi connectivity index (χ3v) is 6.90. The van der Waals surface area contributed by atoms with E-state index in [1.165, 1.54) is 42.1 Å². The predicted molar refractivity (Wildman–Crippen MR) is 122 cm³/mol. The number of sulfonamides is 1. The minimum Gasteiger partial charge on any atom is -0.465 e. The molecule has 33 heavy (non-hydrogen) atoms. The molecule has 0 aliphatic rings. The molecule has 10 nitrogen and oxygen atoms in total. The molecule has 3 rings (SSSR count). The van der Waals surface area contributed by atoms with Crippen molar-refractivity contribution in [1.82, 2.24) is 20.0 Å². The number of aromatic nitrogens is 4. The molecule has 0 bridgehead atoms. The van der Waals surface area contributed by atoms with Crippen LogP contribution >= 0.6 is 0 Å². The molecule has 0 fully saturated rings. The number of aryl methyl sites for hydroxylation is 2. The Hall–Kier alpha value is -3.54. The van der Waals surface area contributed by atoms with Gasteiger partial charge in [-0.1, -0.05) is 17.3 Å². The van der Waals surface area contributed by atoms with Gasteiger partial charge in [0.2, 0.25) is 10.0 Å². The number of carbonyl (C=O) groups is 1. The Bertz CT molecular complexity index is 1290. The van der Waals surface area contributed by atoms with Gasteiger partial charge < -0.3 is 5.11 Å². The highest BCUT2D eigenvalue weighted by atomic mass is 32.2. The molecule has 0 spiro atoms. The highest BCUT2D eigenvalue weighted by Crippen LogP contribution is 2.34. The van der Waals surface area contributed by atoms with Gasteiger partial charge in [-0.25, -0.2) is 27.3 Å². The van der Waals surface area contributed by atoms with Crippen LogP contribution in [0.2, 0.25) is 0 Å². The second kappa shape index (κ2) is 9.14. The molecule has 3 aromatic rings.